The molecule has 0 amide bonds. The monoisotopic (exact) mass is 483 g/mol. The SMILES string of the molecule is N#Cc1ccccc1Cn1c(N2CCCCC2)nc2cc(NCC(=O)c3ccccc3)sc2c1=O. The zero-order valence-electron chi connectivity index (χ0n) is 19.2. The first-order chi connectivity index (χ1) is 17.1. The van der Waals surface area contributed by atoms with Gasteiger partial charge in [-0.3, -0.25) is 14.2 Å². The largest absolute Gasteiger partial charge is 0.369 e. The lowest BCUT2D eigenvalue weighted by atomic mass is 10.1. The van der Waals surface area contributed by atoms with Gasteiger partial charge < -0.3 is 10.2 Å². The summed E-state index contributed by atoms with van der Waals surface area (Å²) in [6.45, 7) is 2.11. The molecule has 7 nitrogen and oxygen atoms in total. The third-order valence-corrected chi connectivity index (χ3v) is 7.31. The van der Waals surface area contributed by atoms with Gasteiger partial charge in [0.1, 0.15) is 4.70 Å². The summed E-state index contributed by atoms with van der Waals surface area (Å²) in [7, 11) is 0. The highest BCUT2D eigenvalue weighted by Gasteiger charge is 2.21. The van der Waals surface area contributed by atoms with Gasteiger partial charge >= 0.3 is 0 Å². The van der Waals surface area contributed by atoms with Crippen molar-refractivity contribution in [3.05, 3.63) is 87.7 Å². The third kappa shape index (κ3) is 4.81. The van der Waals surface area contributed by atoms with Gasteiger partial charge in [0.2, 0.25) is 5.95 Å². The molecular formula is C27H25N5O2S. The fraction of sp³-hybridized carbons (Fsp3) is 0.259. The van der Waals surface area contributed by atoms with Crippen molar-refractivity contribution in [1.29, 1.82) is 5.26 Å². The van der Waals surface area contributed by atoms with Gasteiger partial charge in [0.05, 0.1) is 35.2 Å². The molecule has 1 saturated heterocycles. The molecule has 0 unspecified atom stereocenters. The van der Waals surface area contributed by atoms with E-state index >= 15 is 0 Å². The summed E-state index contributed by atoms with van der Waals surface area (Å²) in [6.07, 6.45) is 3.28. The van der Waals surface area contributed by atoms with Gasteiger partial charge in [-0.25, -0.2) is 4.98 Å². The lowest BCUT2D eigenvalue weighted by Gasteiger charge is -2.29. The highest BCUT2D eigenvalue weighted by atomic mass is 32.1. The van der Waals surface area contributed by atoms with E-state index in [0.717, 1.165) is 36.5 Å². The number of Topliss-reactive ketones (excluding diaryl/α,β-unsaturated/α-hetero) is 1. The number of carbonyl (C=O) groups is 1. The van der Waals surface area contributed by atoms with Gasteiger partial charge in [0.25, 0.3) is 5.56 Å². The first-order valence-corrected chi connectivity index (χ1v) is 12.5. The Morgan fingerprint density at radius 1 is 1.06 bits per heavy atom. The molecule has 1 aliphatic rings. The molecule has 0 bridgehead atoms. The number of aromatic nitrogens is 2. The van der Waals surface area contributed by atoms with Crippen LogP contribution in [0.5, 0.6) is 0 Å². The van der Waals surface area contributed by atoms with E-state index in [1.807, 2.05) is 42.5 Å². The van der Waals surface area contributed by atoms with Crippen LogP contribution in [0.15, 0.2) is 65.5 Å². The van der Waals surface area contributed by atoms with Gasteiger partial charge in [-0.2, -0.15) is 5.26 Å². The van der Waals surface area contributed by atoms with Crippen LogP contribution >= 0.6 is 11.3 Å². The molecule has 2 aromatic carbocycles. The highest BCUT2D eigenvalue weighted by Crippen LogP contribution is 2.29. The zero-order chi connectivity index (χ0) is 24.2. The molecule has 2 aromatic heterocycles. The Morgan fingerprint density at radius 2 is 1.80 bits per heavy atom. The normalized spacial score (nSPS) is 13.5. The average molecular weight is 484 g/mol. The Balaban J connectivity index is 1.50. The van der Waals surface area contributed by atoms with Gasteiger partial charge in [0, 0.05) is 18.7 Å². The van der Waals surface area contributed by atoms with Crippen LogP contribution in [-0.4, -0.2) is 35.0 Å². The van der Waals surface area contributed by atoms with Crippen molar-refractivity contribution >= 4 is 38.3 Å². The number of fused-ring (bicyclic) bond motifs is 1. The second-order valence-corrected chi connectivity index (χ2v) is 9.64. The number of nitrogens with one attached hydrogen (secondary N) is 1. The van der Waals surface area contributed by atoms with E-state index in [9.17, 15) is 14.9 Å². The summed E-state index contributed by atoms with van der Waals surface area (Å²) in [5, 5.41) is 13.4. The van der Waals surface area contributed by atoms with E-state index in [4.69, 9.17) is 4.98 Å². The van der Waals surface area contributed by atoms with Crippen LogP contribution < -0.4 is 15.8 Å². The molecule has 3 heterocycles. The van der Waals surface area contributed by atoms with Gasteiger partial charge in [-0.05, 0) is 37.0 Å². The number of benzene rings is 2. The Hall–Kier alpha value is -3.96. The number of carbonyl (C=O) groups excluding carboxylic acids is 1. The Labute approximate surface area is 207 Å². The number of hydrogen-bond donors (Lipinski definition) is 1. The summed E-state index contributed by atoms with van der Waals surface area (Å²) in [5.74, 6) is 0.621. The van der Waals surface area contributed by atoms with E-state index in [1.54, 1.807) is 22.8 Å². The average Bonchev–Trinajstić information content (AvgIpc) is 3.33. The molecule has 4 aromatic rings. The molecule has 8 heteroatoms. The smallest absolute Gasteiger partial charge is 0.273 e. The summed E-state index contributed by atoms with van der Waals surface area (Å²) in [4.78, 5) is 33.3. The Morgan fingerprint density at radius 3 is 2.57 bits per heavy atom. The third-order valence-electron chi connectivity index (χ3n) is 6.24. The molecule has 0 saturated carbocycles. The lowest BCUT2D eigenvalue weighted by molar-refractivity contribution is 0.101. The summed E-state index contributed by atoms with van der Waals surface area (Å²) < 4.78 is 2.23. The molecular weight excluding hydrogens is 458 g/mol. The molecule has 0 spiro atoms. The molecule has 176 valence electrons. The molecule has 0 aliphatic carbocycles. The van der Waals surface area contributed by atoms with Crippen molar-refractivity contribution < 1.29 is 4.79 Å². The molecule has 1 N–H and O–H groups in total. The van der Waals surface area contributed by atoms with Crippen molar-refractivity contribution in [2.24, 2.45) is 0 Å². The van der Waals surface area contributed by atoms with E-state index in [2.05, 4.69) is 16.3 Å². The van der Waals surface area contributed by atoms with Crippen LogP contribution in [0, 0.1) is 11.3 Å². The van der Waals surface area contributed by atoms with Crippen LogP contribution in [0.4, 0.5) is 10.9 Å². The highest BCUT2D eigenvalue weighted by molar-refractivity contribution is 7.22. The van der Waals surface area contributed by atoms with Crippen molar-refractivity contribution in [1.82, 2.24) is 9.55 Å². The predicted octanol–water partition coefficient (Wildman–Crippen LogP) is 4.66. The minimum Gasteiger partial charge on any atom is -0.369 e. The predicted molar refractivity (Wildman–Crippen MR) is 139 cm³/mol. The lowest BCUT2D eigenvalue weighted by Crippen LogP contribution is -2.36. The first kappa shape index (κ1) is 22.8. The van der Waals surface area contributed by atoms with Crippen molar-refractivity contribution in [3.8, 4) is 6.07 Å². The van der Waals surface area contributed by atoms with Crippen molar-refractivity contribution in [3.63, 3.8) is 0 Å². The minimum atomic E-state index is -0.129. The fourth-order valence-corrected chi connectivity index (χ4v) is 5.34. The number of piperidine rings is 1. The second-order valence-electron chi connectivity index (χ2n) is 8.59. The zero-order valence-corrected chi connectivity index (χ0v) is 20.1. The number of thiophene rings is 1. The number of nitrogens with zero attached hydrogens (tertiary/aromatic N) is 4. The molecule has 0 atom stereocenters. The van der Waals surface area contributed by atoms with Gasteiger partial charge in [-0.1, -0.05) is 48.5 Å². The summed E-state index contributed by atoms with van der Waals surface area (Å²) >= 11 is 1.31. The first-order valence-electron chi connectivity index (χ1n) is 11.7. The van der Waals surface area contributed by atoms with E-state index in [0.29, 0.717) is 27.3 Å². The molecule has 0 radical (unpaired) electrons. The van der Waals surface area contributed by atoms with Crippen LogP contribution in [0.25, 0.3) is 10.2 Å². The van der Waals surface area contributed by atoms with E-state index < -0.39 is 0 Å². The number of anilines is 2. The second kappa shape index (κ2) is 10.1. The molecule has 1 aliphatic heterocycles. The van der Waals surface area contributed by atoms with Crippen LogP contribution in [0.2, 0.25) is 0 Å². The number of nitriles is 1. The standard InChI is InChI=1S/C27H25N5O2S/c28-16-20-11-5-6-12-21(20)18-32-26(34)25-22(30-27(32)31-13-7-2-8-14-31)15-24(35-25)29-17-23(33)19-9-3-1-4-10-19/h1,3-6,9-12,15,29H,2,7-8,13-14,17-18H2. The van der Waals surface area contributed by atoms with Crippen LogP contribution in [-0.2, 0) is 6.54 Å². The maximum absolute atomic E-state index is 13.7. The fourth-order valence-electron chi connectivity index (χ4n) is 4.40. The van der Waals surface area contributed by atoms with Gasteiger partial charge in [0.15, 0.2) is 5.78 Å². The quantitative estimate of drug-likeness (QED) is 0.385. The van der Waals surface area contributed by atoms with Crippen molar-refractivity contribution in [2.75, 3.05) is 29.9 Å². The Bertz CT molecular complexity index is 1460. The summed E-state index contributed by atoms with van der Waals surface area (Å²) in [5.41, 5.74) is 2.48. The maximum Gasteiger partial charge on any atom is 0.273 e. The van der Waals surface area contributed by atoms with E-state index in [1.165, 1.54) is 17.8 Å². The topological polar surface area (TPSA) is 91.0 Å². The Kier molecular flexibility index (Phi) is 6.59. The van der Waals surface area contributed by atoms with E-state index in [-0.39, 0.29) is 24.4 Å². The maximum atomic E-state index is 13.7. The molecule has 35 heavy (non-hydrogen) atoms. The van der Waals surface area contributed by atoms with Crippen LogP contribution in [0.1, 0.15) is 40.7 Å². The minimum absolute atomic E-state index is 0.0180. The molecule has 5 rings (SSSR count). The van der Waals surface area contributed by atoms with Crippen LogP contribution in [0.3, 0.4) is 0 Å². The van der Waals surface area contributed by atoms with Gasteiger partial charge in [-0.15, -0.1) is 11.3 Å². The summed E-state index contributed by atoms with van der Waals surface area (Å²) in [6, 6.07) is 20.6. The number of ketones is 1. The van der Waals surface area contributed by atoms with Crippen molar-refractivity contribution in [2.45, 2.75) is 25.8 Å². The number of hydrogen-bond acceptors (Lipinski definition) is 7. The molecule has 1 fully saturated rings. The number of rotatable bonds is 7.